The Hall–Kier alpha value is -1.69. The summed E-state index contributed by atoms with van der Waals surface area (Å²) >= 11 is 0. The molecule has 132 valence electrons. The Balaban J connectivity index is 1.58. The van der Waals surface area contributed by atoms with Crippen LogP contribution in [-0.4, -0.2) is 46.0 Å². The van der Waals surface area contributed by atoms with Crippen LogP contribution < -0.4 is 10.9 Å². The molecule has 2 saturated heterocycles. The second-order valence-electron chi connectivity index (χ2n) is 7.19. The van der Waals surface area contributed by atoms with Gasteiger partial charge in [-0.2, -0.15) is 0 Å². The molecule has 0 bridgehead atoms. The maximum Gasteiger partial charge on any atom is 0.256 e. The van der Waals surface area contributed by atoms with Gasteiger partial charge in [-0.1, -0.05) is 0 Å². The molecule has 1 unspecified atom stereocenters. The number of carbonyl (C=O) groups is 1. The summed E-state index contributed by atoms with van der Waals surface area (Å²) in [4.78, 5) is 31.2. The molecule has 0 saturated carbocycles. The highest BCUT2D eigenvalue weighted by atomic mass is 16.2. The van der Waals surface area contributed by atoms with Crippen LogP contribution in [0.5, 0.6) is 0 Å². The fourth-order valence-corrected chi connectivity index (χ4v) is 3.80. The van der Waals surface area contributed by atoms with Gasteiger partial charge in [0.15, 0.2) is 0 Å². The third-order valence-corrected chi connectivity index (χ3v) is 5.57. The Kier molecular flexibility index (Phi) is 5.33. The Morgan fingerprint density at radius 1 is 1.17 bits per heavy atom. The quantitative estimate of drug-likeness (QED) is 0.904. The molecule has 0 radical (unpaired) electrons. The highest BCUT2D eigenvalue weighted by Crippen LogP contribution is 2.23. The molecule has 2 aliphatic rings. The molecule has 0 spiro atoms. The molecular formula is C18H28N4O2. The van der Waals surface area contributed by atoms with Crippen LogP contribution in [0, 0.1) is 19.8 Å². The Morgan fingerprint density at radius 2 is 1.92 bits per heavy atom. The average molecular weight is 332 g/mol. The number of hydrogen-bond acceptors (Lipinski definition) is 4. The van der Waals surface area contributed by atoms with Gasteiger partial charge in [-0.3, -0.25) is 19.1 Å². The van der Waals surface area contributed by atoms with Crippen molar-refractivity contribution in [3.05, 3.63) is 27.9 Å². The van der Waals surface area contributed by atoms with Crippen LogP contribution in [-0.2, 0) is 11.3 Å². The zero-order valence-corrected chi connectivity index (χ0v) is 14.8. The van der Waals surface area contributed by atoms with Gasteiger partial charge < -0.3 is 5.32 Å². The molecule has 3 heterocycles. The molecule has 0 aromatic carbocycles. The fourth-order valence-electron chi connectivity index (χ4n) is 3.80. The molecule has 1 atom stereocenters. The van der Waals surface area contributed by atoms with E-state index in [4.69, 9.17) is 0 Å². The van der Waals surface area contributed by atoms with Crippen molar-refractivity contribution in [2.45, 2.75) is 58.5 Å². The minimum absolute atomic E-state index is 0.0412. The Labute approximate surface area is 143 Å². The summed E-state index contributed by atoms with van der Waals surface area (Å²) in [6.07, 6.45) is 6.91. The molecule has 24 heavy (non-hydrogen) atoms. The lowest BCUT2D eigenvalue weighted by atomic mass is 9.94. The van der Waals surface area contributed by atoms with Crippen LogP contribution in [0.3, 0.4) is 0 Å². The van der Waals surface area contributed by atoms with E-state index in [1.807, 2.05) is 13.8 Å². The van der Waals surface area contributed by atoms with Crippen molar-refractivity contribution in [3.8, 4) is 0 Å². The predicted octanol–water partition coefficient (Wildman–Crippen LogP) is 1.24. The minimum atomic E-state index is 0.0412. The van der Waals surface area contributed by atoms with Crippen LogP contribution in [0.25, 0.3) is 0 Å². The van der Waals surface area contributed by atoms with Crippen LogP contribution in [0.1, 0.15) is 43.4 Å². The van der Waals surface area contributed by atoms with Crippen molar-refractivity contribution in [1.29, 1.82) is 0 Å². The number of aromatic nitrogens is 2. The SMILES string of the molecule is Cc1ncn(CC2CCN(C3CCCCNC3=O)CC2)c(=O)c1C. The van der Waals surface area contributed by atoms with Gasteiger partial charge in [-0.25, -0.2) is 4.98 Å². The summed E-state index contributed by atoms with van der Waals surface area (Å²) in [5.74, 6) is 0.678. The van der Waals surface area contributed by atoms with Crippen LogP contribution in [0.4, 0.5) is 0 Å². The number of aryl methyl sites for hydroxylation is 1. The van der Waals surface area contributed by atoms with Gasteiger partial charge in [-0.15, -0.1) is 0 Å². The van der Waals surface area contributed by atoms with E-state index in [-0.39, 0.29) is 17.5 Å². The molecule has 6 heteroatoms. The van der Waals surface area contributed by atoms with E-state index in [9.17, 15) is 9.59 Å². The fraction of sp³-hybridized carbons (Fsp3) is 0.722. The van der Waals surface area contributed by atoms with E-state index in [0.29, 0.717) is 5.92 Å². The standard InChI is InChI=1S/C18H28N4O2/c1-13-14(2)20-12-22(18(13)24)11-15-6-9-21(10-7-15)16-5-3-4-8-19-17(16)23/h12,15-16H,3-11H2,1-2H3,(H,19,23). The molecule has 2 fully saturated rings. The van der Waals surface area contributed by atoms with E-state index in [0.717, 1.165) is 69.5 Å². The van der Waals surface area contributed by atoms with E-state index < -0.39 is 0 Å². The highest BCUT2D eigenvalue weighted by molar-refractivity contribution is 5.81. The number of nitrogens with one attached hydrogen (secondary N) is 1. The summed E-state index contributed by atoms with van der Waals surface area (Å²) in [6.45, 7) is 7.14. The summed E-state index contributed by atoms with van der Waals surface area (Å²) < 4.78 is 1.75. The predicted molar refractivity (Wildman–Crippen MR) is 92.9 cm³/mol. The number of carbonyl (C=O) groups excluding carboxylic acids is 1. The normalized spacial score (nSPS) is 23.8. The monoisotopic (exact) mass is 332 g/mol. The van der Waals surface area contributed by atoms with Crippen molar-refractivity contribution in [2.24, 2.45) is 5.92 Å². The molecule has 2 aliphatic heterocycles. The highest BCUT2D eigenvalue weighted by Gasteiger charge is 2.30. The largest absolute Gasteiger partial charge is 0.355 e. The number of likely N-dealkylation sites (tertiary alicyclic amines) is 1. The van der Waals surface area contributed by atoms with Gasteiger partial charge >= 0.3 is 0 Å². The Bertz CT molecular complexity index is 647. The lowest BCUT2D eigenvalue weighted by molar-refractivity contribution is -0.126. The molecule has 3 rings (SSSR count). The first-order valence-corrected chi connectivity index (χ1v) is 9.10. The first-order chi connectivity index (χ1) is 11.6. The zero-order valence-electron chi connectivity index (χ0n) is 14.8. The summed E-state index contributed by atoms with van der Waals surface area (Å²) in [7, 11) is 0. The molecule has 1 aromatic heterocycles. The molecule has 6 nitrogen and oxygen atoms in total. The van der Waals surface area contributed by atoms with Gasteiger partial charge in [-0.05, 0) is 65.0 Å². The van der Waals surface area contributed by atoms with Crippen molar-refractivity contribution in [3.63, 3.8) is 0 Å². The van der Waals surface area contributed by atoms with Crippen LogP contribution in [0.2, 0.25) is 0 Å². The van der Waals surface area contributed by atoms with Crippen molar-refractivity contribution in [1.82, 2.24) is 19.8 Å². The van der Waals surface area contributed by atoms with E-state index in [1.54, 1.807) is 10.9 Å². The zero-order chi connectivity index (χ0) is 17.1. The topological polar surface area (TPSA) is 67.2 Å². The number of nitrogens with zero attached hydrogens (tertiary/aromatic N) is 3. The smallest absolute Gasteiger partial charge is 0.256 e. The lowest BCUT2D eigenvalue weighted by Gasteiger charge is -2.36. The second kappa shape index (κ2) is 7.47. The lowest BCUT2D eigenvalue weighted by Crippen LogP contribution is -2.49. The van der Waals surface area contributed by atoms with Gasteiger partial charge in [0.1, 0.15) is 0 Å². The third kappa shape index (κ3) is 3.69. The van der Waals surface area contributed by atoms with Crippen molar-refractivity contribution < 1.29 is 4.79 Å². The minimum Gasteiger partial charge on any atom is -0.355 e. The molecule has 1 amide bonds. The van der Waals surface area contributed by atoms with E-state index in [2.05, 4.69) is 15.2 Å². The second-order valence-corrected chi connectivity index (χ2v) is 7.19. The number of hydrogen-bond donors (Lipinski definition) is 1. The van der Waals surface area contributed by atoms with Gasteiger partial charge in [0, 0.05) is 24.3 Å². The Morgan fingerprint density at radius 3 is 2.67 bits per heavy atom. The third-order valence-electron chi connectivity index (χ3n) is 5.57. The summed E-state index contributed by atoms with van der Waals surface area (Å²) in [5, 5.41) is 3.03. The van der Waals surface area contributed by atoms with Gasteiger partial charge in [0.2, 0.25) is 5.91 Å². The van der Waals surface area contributed by atoms with Crippen molar-refractivity contribution in [2.75, 3.05) is 19.6 Å². The molecule has 1 N–H and O–H groups in total. The summed E-state index contributed by atoms with van der Waals surface area (Å²) in [5.41, 5.74) is 1.63. The van der Waals surface area contributed by atoms with Crippen LogP contribution in [0.15, 0.2) is 11.1 Å². The maximum atomic E-state index is 12.3. The average Bonchev–Trinajstić information content (AvgIpc) is 2.81. The van der Waals surface area contributed by atoms with Crippen LogP contribution >= 0.6 is 0 Å². The van der Waals surface area contributed by atoms with Gasteiger partial charge in [0.25, 0.3) is 5.56 Å². The molecule has 0 aliphatic carbocycles. The molecule has 1 aromatic rings. The molecular weight excluding hydrogens is 304 g/mol. The number of rotatable bonds is 3. The first kappa shape index (κ1) is 17.1. The number of amides is 1. The van der Waals surface area contributed by atoms with Gasteiger partial charge in [0.05, 0.1) is 12.4 Å². The van der Waals surface area contributed by atoms with E-state index >= 15 is 0 Å². The maximum absolute atomic E-state index is 12.3. The summed E-state index contributed by atoms with van der Waals surface area (Å²) in [6, 6.07) is 0.0412. The van der Waals surface area contributed by atoms with Crippen molar-refractivity contribution >= 4 is 5.91 Å². The van der Waals surface area contributed by atoms with E-state index in [1.165, 1.54) is 0 Å². The first-order valence-electron chi connectivity index (χ1n) is 9.10. The number of piperidine rings is 1.